The summed E-state index contributed by atoms with van der Waals surface area (Å²) in [6.07, 6.45) is 5.14. The van der Waals surface area contributed by atoms with Crippen molar-refractivity contribution in [2.24, 2.45) is 0 Å². The van der Waals surface area contributed by atoms with Crippen LogP contribution in [0.3, 0.4) is 0 Å². The lowest BCUT2D eigenvalue weighted by molar-refractivity contribution is 0.223. The van der Waals surface area contributed by atoms with Crippen molar-refractivity contribution in [3.05, 3.63) is 52.0 Å². The van der Waals surface area contributed by atoms with Gasteiger partial charge in [0.05, 0.1) is 10.4 Å². The minimum Gasteiger partial charge on any atom is -0.383 e. The van der Waals surface area contributed by atoms with Crippen LogP contribution in [0.4, 0.5) is 0 Å². The van der Waals surface area contributed by atoms with E-state index in [0.29, 0.717) is 5.92 Å². The molecular weight excluding hydrogens is 230 g/mol. The molecule has 1 unspecified atom stereocenters. The van der Waals surface area contributed by atoms with Gasteiger partial charge in [-0.2, -0.15) is 0 Å². The molecule has 1 aromatic carbocycles. The Balaban J connectivity index is 1.87. The molecule has 1 fully saturated rings. The summed E-state index contributed by atoms with van der Waals surface area (Å²) < 4.78 is 0. The van der Waals surface area contributed by atoms with E-state index < -0.39 is 6.10 Å². The Morgan fingerprint density at radius 1 is 1.35 bits per heavy atom. The zero-order valence-corrected chi connectivity index (χ0v) is 10.4. The second-order valence-electron chi connectivity index (χ2n) is 4.60. The molecule has 3 heteroatoms. The Kier molecular flexibility index (Phi) is 2.95. The van der Waals surface area contributed by atoms with Gasteiger partial charge in [0.25, 0.3) is 0 Å². The van der Waals surface area contributed by atoms with Crippen LogP contribution in [0.25, 0.3) is 0 Å². The maximum absolute atomic E-state index is 10.2. The van der Waals surface area contributed by atoms with Crippen molar-refractivity contribution >= 4 is 11.3 Å². The molecule has 1 saturated carbocycles. The van der Waals surface area contributed by atoms with Crippen molar-refractivity contribution in [3.8, 4) is 0 Å². The lowest BCUT2D eigenvalue weighted by Crippen LogP contribution is -2.09. The minimum absolute atomic E-state index is 0.525. The fourth-order valence-corrected chi connectivity index (χ4v) is 2.88. The van der Waals surface area contributed by atoms with Crippen LogP contribution in [0.15, 0.2) is 36.0 Å². The molecule has 0 spiro atoms. The normalized spacial score (nSPS) is 17.7. The highest BCUT2D eigenvalue weighted by molar-refractivity contribution is 7.09. The molecule has 17 heavy (non-hydrogen) atoms. The molecule has 1 heterocycles. The number of rotatable bonds is 3. The quantitative estimate of drug-likeness (QED) is 0.898. The van der Waals surface area contributed by atoms with Gasteiger partial charge >= 0.3 is 0 Å². The molecule has 1 aromatic heterocycles. The molecule has 3 rings (SSSR count). The summed E-state index contributed by atoms with van der Waals surface area (Å²) in [6.45, 7) is 0. The standard InChI is InChI=1S/C14H15NOS/c16-14(13-8-15-9-17-13)12-6-2-5-11(7-12)10-3-1-4-10/h2,5-10,14,16H,1,3-4H2. The van der Waals surface area contributed by atoms with Gasteiger partial charge < -0.3 is 5.11 Å². The van der Waals surface area contributed by atoms with E-state index in [1.54, 1.807) is 11.7 Å². The third-order valence-electron chi connectivity index (χ3n) is 3.52. The average Bonchev–Trinajstić information content (AvgIpc) is 2.79. The maximum Gasteiger partial charge on any atom is 0.115 e. The monoisotopic (exact) mass is 245 g/mol. The Bertz CT molecular complexity index is 491. The smallest absolute Gasteiger partial charge is 0.115 e. The van der Waals surface area contributed by atoms with Crippen molar-refractivity contribution in [1.82, 2.24) is 4.98 Å². The summed E-state index contributed by atoms with van der Waals surface area (Å²) in [7, 11) is 0. The van der Waals surface area contributed by atoms with Gasteiger partial charge in [0, 0.05) is 6.20 Å². The van der Waals surface area contributed by atoms with Crippen molar-refractivity contribution in [2.45, 2.75) is 31.3 Å². The highest BCUT2D eigenvalue weighted by Crippen LogP contribution is 2.37. The Labute approximate surface area is 105 Å². The molecule has 0 saturated heterocycles. The largest absolute Gasteiger partial charge is 0.383 e. The van der Waals surface area contributed by atoms with Crippen molar-refractivity contribution < 1.29 is 5.11 Å². The molecule has 88 valence electrons. The third-order valence-corrected chi connectivity index (χ3v) is 4.35. The van der Waals surface area contributed by atoms with Gasteiger partial charge in [-0.3, -0.25) is 4.98 Å². The van der Waals surface area contributed by atoms with Gasteiger partial charge in [-0.05, 0) is 29.9 Å². The molecular formula is C14H15NOS. The Hall–Kier alpha value is -1.19. The zero-order chi connectivity index (χ0) is 11.7. The van der Waals surface area contributed by atoms with Crippen molar-refractivity contribution in [3.63, 3.8) is 0 Å². The molecule has 0 bridgehead atoms. The number of aromatic nitrogens is 1. The average molecular weight is 245 g/mol. The summed E-state index contributed by atoms with van der Waals surface area (Å²) in [4.78, 5) is 4.92. The number of aliphatic hydroxyl groups is 1. The summed E-state index contributed by atoms with van der Waals surface area (Å²) in [6, 6.07) is 8.36. The Morgan fingerprint density at radius 3 is 2.88 bits per heavy atom. The predicted molar refractivity (Wildman–Crippen MR) is 69.2 cm³/mol. The molecule has 0 aliphatic heterocycles. The zero-order valence-electron chi connectivity index (χ0n) is 9.54. The summed E-state index contributed by atoms with van der Waals surface area (Å²) in [5.41, 5.74) is 4.12. The van der Waals surface area contributed by atoms with Gasteiger partial charge in [0.2, 0.25) is 0 Å². The van der Waals surface area contributed by atoms with E-state index >= 15 is 0 Å². The number of hydrogen-bond acceptors (Lipinski definition) is 3. The number of thiazole rings is 1. The fraction of sp³-hybridized carbons (Fsp3) is 0.357. The van der Waals surface area contributed by atoms with Gasteiger partial charge in [0.15, 0.2) is 0 Å². The first-order valence-electron chi connectivity index (χ1n) is 6.01. The molecule has 0 amide bonds. The third kappa shape index (κ3) is 2.13. The van der Waals surface area contributed by atoms with E-state index in [4.69, 9.17) is 0 Å². The first-order chi connectivity index (χ1) is 8.34. The second kappa shape index (κ2) is 4.59. The number of nitrogens with zero attached hydrogens (tertiary/aromatic N) is 1. The van der Waals surface area contributed by atoms with Crippen LogP contribution in [-0.4, -0.2) is 10.1 Å². The maximum atomic E-state index is 10.2. The SMILES string of the molecule is OC(c1cccc(C2CCC2)c1)c1cncs1. The van der Waals surface area contributed by atoms with E-state index in [1.807, 2.05) is 12.1 Å². The lowest BCUT2D eigenvalue weighted by atomic mass is 9.79. The predicted octanol–water partition coefficient (Wildman–Crippen LogP) is 3.49. The van der Waals surface area contributed by atoms with Gasteiger partial charge in [-0.15, -0.1) is 11.3 Å². The Morgan fingerprint density at radius 2 is 2.24 bits per heavy atom. The summed E-state index contributed by atoms with van der Waals surface area (Å²) in [5, 5.41) is 10.2. The highest BCUT2D eigenvalue weighted by atomic mass is 32.1. The van der Waals surface area contributed by atoms with E-state index in [9.17, 15) is 5.11 Å². The number of hydrogen-bond donors (Lipinski definition) is 1. The van der Waals surface area contributed by atoms with Crippen LogP contribution in [0.2, 0.25) is 0 Å². The first-order valence-corrected chi connectivity index (χ1v) is 6.89. The highest BCUT2D eigenvalue weighted by Gasteiger charge is 2.20. The van der Waals surface area contributed by atoms with Crippen LogP contribution in [-0.2, 0) is 0 Å². The molecule has 1 N–H and O–H groups in total. The van der Waals surface area contributed by atoms with E-state index in [0.717, 1.165) is 10.4 Å². The van der Waals surface area contributed by atoms with Crippen molar-refractivity contribution in [1.29, 1.82) is 0 Å². The molecule has 1 atom stereocenters. The molecule has 2 nitrogen and oxygen atoms in total. The van der Waals surface area contributed by atoms with Crippen molar-refractivity contribution in [2.75, 3.05) is 0 Å². The molecule has 1 aliphatic carbocycles. The van der Waals surface area contributed by atoms with Gasteiger partial charge in [0.1, 0.15) is 6.10 Å². The fourth-order valence-electron chi connectivity index (χ4n) is 2.25. The van der Waals surface area contributed by atoms with E-state index in [-0.39, 0.29) is 0 Å². The lowest BCUT2D eigenvalue weighted by Gasteiger charge is -2.26. The van der Waals surface area contributed by atoms with E-state index in [2.05, 4.69) is 17.1 Å². The van der Waals surface area contributed by atoms with Crippen LogP contribution in [0, 0.1) is 0 Å². The van der Waals surface area contributed by atoms with Crippen LogP contribution in [0.5, 0.6) is 0 Å². The number of benzene rings is 1. The topological polar surface area (TPSA) is 33.1 Å². The summed E-state index contributed by atoms with van der Waals surface area (Å²) >= 11 is 1.50. The molecule has 2 aromatic rings. The van der Waals surface area contributed by atoms with Crippen LogP contribution < -0.4 is 0 Å². The summed E-state index contributed by atoms with van der Waals surface area (Å²) in [5.74, 6) is 0.712. The minimum atomic E-state index is -0.525. The second-order valence-corrected chi connectivity index (χ2v) is 5.52. The van der Waals surface area contributed by atoms with Gasteiger partial charge in [-0.1, -0.05) is 30.7 Å². The van der Waals surface area contributed by atoms with Gasteiger partial charge in [-0.25, -0.2) is 0 Å². The van der Waals surface area contributed by atoms with Crippen LogP contribution in [0.1, 0.15) is 47.3 Å². The molecule has 1 aliphatic rings. The van der Waals surface area contributed by atoms with E-state index in [1.165, 1.54) is 36.2 Å². The number of aliphatic hydroxyl groups excluding tert-OH is 1. The van der Waals surface area contributed by atoms with Crippen LogP contribution >= 0.6 is 11.3 Å². The first kappa shape index (κ1) is 10.9. The molecule has 0 radical (unpaired) electrons.